The molecule has 0 aliphatic carbocycles. The van der Waals surface area contributed by atoms with Gasteiger partial charge in [-0.2, -0.15) is 17.2 Å². The van der Waals surface area contributed by atoms with Gasteiger partial charge in [0.15, 0.2) is 5.75 Å². The summed E-state index contributed by atoms with van der Waals surface area (Å²) in [6.07, 6.45) is -0.950. The number of fused-ring (bicyclic) bond motifs is 4. The van der Waals surface area contributed by atoms with Crippen LogP contribution >= 0.6 is 79.5 Å². The predicted molar refractivity (Wildman–Crippen MR) is 124 cm³/mol. The van der Waals surface area contributed by atoms with E-state index in [0.717, 1.165) is 7.14 Å². The van der Waals surface area contributed by atoms with E-state index in [4.69, 9.17) is 14.0 Å². The summed E-state index contributed by atoms with van der Waals surface area (Å²) in [4.78, 5) is 24.3. The van der Waals surface area contributed by atoms with Crippen LogP contribution in [0.5, 0.6) is 5.75 Å². The summed E-state index contributed by atoms with van der Waals surface area (Å²) in [5, 5.41) is -6.12. The fraction of sp³-hybridized carbons (Fsp3) is 0.467. The quantitative estimate of drug-likeness (QED) is 0.213. The van der Waals surface area contributed by atoms with Gasteiger partial charge in [-0.25, -0.2) is 9.59 Å². The Hall–Kier alpha value is 0.270. The van der Waals surface area contributed by atoms with Crippen molar-refractivity contribution < 1.29 is 45.6 Å². The molecule has 3 aliphatic rings. The highest BCUT2D eigenvalue weighted by Gasteiger charge is 2.65. The predicted octanol–water partition coefficient (Wildman–Crippen LogP) is 3.42. The highest BCUT2D eigenvalue weighted by atomic mass is 127. The summed E-state index contributed by atoms with van der Waals surface area (Å²) in [6, 6.07) is 1.82. The highest BCUT2D eigenvalue weighted by molar-refractivity contribution is 14.1. The third-order valence-electron chi connectivity index (χ3n) is 4.87. The normalized spacial score (nSPS) is 30.1. The largest absolute Gasteiger partial charge is 0.465 e. The molecular formula is C15H9F2I3O8S2. The van der Waals surface area contributed by atoms with E-state index in [9.17, 15) is 26.8 Å². The smallest absolute Gasteiger partial charge is 0.456 e. The van der Waals surface area contributed by atoms with Crippen molar-refractivity contribution in [1.29, 1.82) is 0 Å². The third-order valence-corrected chi connectivity index (χ3v) is 11.2. The number of carbonyl (C=O) groups excluding carboxylic acids is 2. The molecule has 0 radical (unpaired) electrons. The number of esters is 2. The highest BCUT2D eigenvalue weighted by Crippen LogP contribution is 2.57. The van der Waals surface area contributed by atoms with Crippen molar-refractivity contribution in [2.75, 3.05) is 0 Å². The first-order valence-electron chi connectivity index (χ1n) is 8.08. The van der Waals surface area contributed by atoms with Crippen molar-refractivity contribution in [3.05, 3.63) is 22.3 Å². The van der Waals surface area contributed by atoms with Gasteiger partial charge in [-0.05, 0) is 73.8 Å². The maximum Gasteiger partial charge on any atom is 0.465 e. The van der Waals surface area contributed by atoms with E-state index in [-0.39, 0.29) is 12.8 Å². The molecule has 4 rings (SSSR count). The summed E-state index contributed by atoms with van der Waals surface area (Å²) >= 11 is 7.45. The maximum atomic E-state index is 13.5. The van der Waals surface area contributed by atoms with E-state index in [2.05, 4.69) is 49.9 Å². The molecule has 1 aromatic rings. The van der Waals surface area contributed by atoms with Gasteiger partial charge in [-0.15, -0.1) is 11.8 Å². The van der Waals surface area contributed by atoms with Crippen LogP contribution in [0.25, 0.3) is 0 Å². The van der Waals surface area contributed by atoms with E-state index >= 15 is 0 Å². The minimum absolute atomic E-state index is 0.0167. The van der Waals surface area contributed by atoms with Gasteiger partial charge >= 0.3 is 27.3 Å². The number of rotatable bonds is 3. The molecule has 2 saturated heterocycles. The van der Waals surface area contributed by atoms with Crippen LogP contribution < -0.4 is 4.74 Å². The third kappa shape index (κ3) is 3.61. The molecule has 2 fully saturated rings. The Kier molecular flexibility index (Phi) is 5.98. The number of benzene rings is 1. The summed E-state index contributed by atoms with van der Waals surface area (Å²) < 4.78 is 75.7. The molecule has 0 amide bonds. The van der Waals surface area contributed by atoms with Crippen LogP contribution in [-0.2, 0) is 24.4 Å². The first-order valence-corrected chi connectivity index (χ1v) is 13.7. The van der Waals surface area contributed by atoms with Gasteiger partial charge < -0.3 is 14.2 Å². The Labute approximate surface area is 213 Å². The number of thioether (sulfide) groups is 1. The first kappa shape index (κ1) is 23.4. The Bertz CT molecular complexity index is 1080. The van der Waals surface area contributed by atoms with Gasteiger partial charge in [-0.1, -0.05) is 0 Å². The molecule has 4 atom stereocenters. The van der Waals surface area contributed by atoms with E-state index in [1.165, 1.54) is 11.8 Å². The second-order valence-electron chi connectivity index (χ2n) is 6.70. The fourth-order valence-electron chi connectivity index (χ4n) is 3.50. The van der Waals surface area contributed by atoms with Crippen LogP contribution in [0.1, 0.15) is 23.2 Å². The van der Waals surface area contributed by atoms with Crippen molar-refractivity contribution in [3.63, 3.8) is 0 Å². The molecule has 3 aliphatic heterocycles. The molecule has 1 N–H and O–H groups in total. The summed E-state index contributed by atoms with van der Waals surface area (Å²) in [7, 11) is -5.95. The van der Waals surface area contributed by atoms with Crippen molar-refractivity contribution in [3.8, 4) is 5.75 Å². The molecule has 164 valence electrons. The minimum atomic E-state index is -5.95. The lowest BCUT2D eigenvalue weighted by atomic mass is 9.90. The van der Waals surface area contributed by atoms with Gasteiger partial charge in [0.05, 0.1) is 8.82 Å². The average molecular weight is 800 g/mol. The second kappa shape index (κ2) is 7.66. The summed E-state index contributed by atoms with van der Waals surface area (Å²) in [5.41, 5.74) is 0.314. The minimum Gasteiger partial charge on any atom is -0.456 e. The van der Waals surface area contributed by atoms with Crippen LogP contribution in [-0.4, -0.2) is 52.6 Å². The topological polar surface area (TPSA) is 116 Å². The van der Waals surface area contributed by atoms with Crippen molar-refractivity contribution >= 4 is 102 Å². The number of alkyl halides is 2. The van der Waals surface area contributed by atoms with Gasteiger partial charge in [0.25, 0.3) is 5.79 Å². The standard InChI is InChI=1S/C15H9F2I3O8S2/c16-15(17,30(23,24)25)13(22)26-6-2-8-14(3-7(6)29-8)27-11-9(12(21)28-14)4(18)1-5(19)10(11)20/h1,6-8H,2-3H2,(H,23,24,25). The number of hydrogen-bond donors (Lipinski definition) is 1. The molecule has 2 bridgehead atoms. The van der Waals surface area contributed by atoms with Crippen LogP contribution in [0.15, 0.2) is 6.07 Å². The van der Waals surface area contributed by atoms with Gasteiger partial charge in [0.1, 0.15) is 11.7 Å². The lowest BCUT2D eigenvalue weighted by molar-refractivity contribution is -0.185. The van der Waals surface area contributed by atoms with E-state index in [0.29, 0.717) is 14.9 Å². The molecule has 15 heteroatoms. The first-order chi connectivity index (χ1) is 13.8. The van der Waals surface area contributed by atoms with Gasteiger partial charge in [0.2, 0.25) is 0 Å². The Morgan fingerprint density at radius 2 is 1.97 bits per heavy atom. The van der Waals surface area contributed by atoms with E-state index in [1.807, 2.05) is 28.7 Å². The zero-order valence-electron chi connectivity index (χ0n) is 14.2. The maximum absolute atomic E-state index is 13.5. The molecule has 0 aromatic heterocycles. The second-order valence-corrected chi connectivity index (χ2v) is 13.0. The monoisotopic (exact) mass is 800 g/mol. The summed E-state index contributed by atoms with van der Waals surface area (Å²) in [6.45, 7) is 0. The number of ether oxygens (including phenoxy) is 3. The van der Waals surface area contributed by atoms with E-state index < -0.39 is 49.7 Å². The van der Waals surface area contributed by atoms with E-state index in [1.54, 1.807) is 0 Å². The van der Waals surface area contributed by atoms with Crippen LogP contribution in [0.4, 0.5) is 8.78 Å². The van der Waals surface area contributed by atoms with Crippen molar-refractivity contribution in [1.82, 2.24) is 0 Å². The molecule has 1 spiro atoms. The van der Waals surface area contributed by atoms with Crippen LogP contribution in [0.2, 0.25) is 0 Å². The lowest BCUT2D eigenvalue weighted by Gasteiger charge is -2.41. The van der Waals surface area contributed by atoms with Gasteiger partial charge in [-0.3, -0.25) is 4.55 Å². The molecule has 3 heterocycles. The van der Waals surface area contributed by atoms with Crippen molar-refractivity contribution in [2.45, 2.75) is 40.5 Å². The molecule has 8 nitrogen and oxygen atoms in total. The average Bonchev–Trinajstić information content (AvgIpc) is 3.15. The lowest BCUT2D eigenvalue weighted by Crippen LogP contribution is -2.54. The van der Waals surface area contributed by atoms with Gasteiger partial charge in [0, 0.05) is 25.2 Å². The number of halogens is 5. The molecule has 30 heavy (non-hydrogen) atoms. The zero-order valence-corrected chi connectivity index (χ0v) is 22.3. The van der Waals surface area contributed by atoms with Crippen molar-refractivity contribution in [2.24, 2.45) is 0 Å². The Balaban J connectivity index is 1.56. The number of carbonyl (C=O) groups is 2. The fourth-order valence-corrected chi connectivity index (χ4v) is 8.02. The summed E-state index contributed by atoms with van der Waals surface area (Å²) in [5.74, 6) is -3.85. The number of hydrogen-bond acceptors (Lipinski definition) is 8. The molecule has 0 saturated carbocycles. The molecular weight excluding hydrogens is 791 g/mol. The van der Waals surface area contributed by atoms with Crippen LogP contribution in [0, 0.1) is 10.7 Å². The SMILES string of the molecule is O=C1OC2(CC3SC2CC3OC(=O)C(F)(F)S(=O)(=O)O)Oc2c(I)c(I)cc(I)c21. The Morgan fingerprint density at radius 1 is 1.30 bits per heavy atom. The van der Waals surface area contributed by atoms with Crippen LogP contribution in [0.3, 0.4) is 0 Å². The molecule has 1 aromatic carbocycles. The molecule has 4 unspecified atom stereocenters. The zero-order chi connectivity index (χ0) is 22.2. The Morgan fingerprint density at radius 3 is 2.53 bits per heavy atom.